The Morgan fingerprint density at radius 1 is 0.958 bits per heavy atom. The number of ether oxygens (including phenoxy) is 1. The lowest BCUT2D eigenvalue weighted by molar-refractivity contribution is 0.0850. The first-order valence-electron chi connectivity index (χ1n) is 7.62. The Balaban J connectivity index is 1.77. The van der Waals surface area contributed by atoms with Gasteiger partial charge in [-0.3, -0.25) is 0 Å². The minimum Gasteiger partial charge on any atom is -0.395 e. The lowest BCUT2D eigenvalue weighted by atomic mass is 10.2. The fourth-order valence-electron chi connectivity index (χ4n) is 2.05. The lowest BCUT2D eigenvalue weighted by Gasteiger charge is -2.17. The second-order valence-corrected chi connectivity index (χ2v) is 6.84. The predicted molar refractivity (Wildman–Crippen MR) is 92.3 cm³/mol. The smallest absolute Gasteiger partial charge is 0.277 e. The maximum absolute atomic E-state index is 12.0. The molecule has 0 bridgehead atoms. The summed E-state index contributed by atoms with van der Waals surface area (Å²) in [5, 5.41) is 9.34. The summed E-state index contributed by atoms with van der Waals surface area (Å²) in [6, 6.07) is 18.0. The average Bonchev–Trinajstić information content (AvgIpc) is 2.61. The topological polar surface area (TPSA) is 87.7 Å². The second kappa shape index (κ2) is 9.51. The lowest BCUT2D eigenvalue weighted by Crippen LogP contribution is -2.46. The van der Waals surface area contributed by atoms with Gasteiger partial charge in [-0.15, -0.1) is 0 Å². The Bertz CT molecular complexity index is 693. The van der Waals surface area contributed by atoms with Crippen LogP contribution >= 0.6 is 0 Å². The second-order valence-electron chi connectivity index (χ2n) is 5.31. The van der Waals surface area contributed by atoms with E-state index in [0.29, 0.717) is 6.61 Å². The summed E-state index contributed by atoms with van der Waals surface area (Å²) in [7, 11) is -3.73. The van der Waals surface area contributed by atoms with Crippen molar-refractivity contribution >= 4 is 10.2 Å². The van der Waals surface area contributed by atoms with Gasteiger partial charge in [0.2, 0.25) is 0 Å². The van der Waals surface area contributed by atoms with Gasteiger partial charge in [-0.25, -0.2) is 0 Å². The van der Waals surface area contributed by atoms with Crippen LogP contribution in [0, 0.1) is 0 Å². The largest absolute Gasteiger partial charge is 0.395 e. The normalized spacial score (nSPS) is 12.9. The van der Waals surface area contributed by atoms with E-state index in [2.05, 4.69) is 9.44 Å². The van der Waals surface area contributed by atoms with Crippen LogP contribution in [0.1, 0.15) is 11.1 Å². The van der Waals surface area contributed by atoms with E-state index < -0.39 is 16.3 Å². The van der Waals surface area contributed by atoms with E-state index >= 15 is 0 Å². The molecule has 0 aliphatic rings. The van der Waals surface area contributed by atoms with Gasteiger partial charge in [0.25, 0.3) is 10.2 Å². The van der Waals surface area contributed by atoms with Crippen molar-refractivity contribution < 1.29 is 18.3 Å². The highest BCUT2D eigenvalue weighted by atomic mass is 32.2. The number of hydrogen-bond acceptors (Lipinski definition) is 4. The van der Waals surface area contributed by atoms with Crippen molar-refractivity contribution in [2.75, 3.05) is 13.2 Å². The number of aliphatic hydroxyl groups is 1. The molecule has 130 valence electrons. The third kappa shape index (κ3) is 6.77. The molecule has 2 aromatic carbocycles. The first-order valence-corrected chi connectivity index (χ1v) is 9.11. The van der Waals surface area contributed by atoms with E-state index in [1.54, 1.807) is 0 Å². The van der Waals surface area contributed by atoms with Crippen molar-refractivity contribution in [2.45, 2.75) is 19.2 Å². The van der Waals surface area contributed by atoms with Crippen LogP contribution in [0.15, 0.2) is 60.7 Å². The summed E-state index contributed by atoms with van der Waals surface area (Å²) in [6.07, 6.45) is 0. The van der Waals surface area contributed by atoms with Crippen molar-refractivity contribution in [3.8, 4) is 0 Å². The van der Waals surface area contributed by atoms with Crippen LogP contribution in [0.3, 0.4) is 0 Å². The van der Waals surface area contributed by atoms with Gasteiger partial charge in [-0.1, -0.05) is 60.7 Å². The van der Waals surface area contributed by atoms with E-state index in [1.165, 1.54) is 0 Å². The van der Waals surface area contributed by atoms with Crippen molar-refractivity contribution in [2.24, 2.45) is 0 Å². The molecule has 2 aromatic rings. The fourth-order valence-corrected chi connectivity index (χ4v) is 3.07. The van der Waals surface area contributed by atoms with Gasteiger partial charge in [0, 0.05) is 6.54 Å². The molecule has 0 radical (unpaired) electrons. The Kier molecular flexibility index (Phi) is 7.36. The first-order chi connectivity index (χ1) is 11.6. The van der Waals surface area contributed by atoms with E-state index in [-0.39, 0.29) is 19.8 Å². The molecule has 6 nitrogen and oxygen atoms in total. The van der Waals surface area contributed by atoms with E-state index in [9.17, 15) is 13.5 Å². The van der Waals surface area contributed by atoms with Crippen LogP contribution in [0.2, 0.25) is 0 Å². The highest BCUT2D eigenvalue weighted by Crippen LogP contribution is 2.02. The minimum atomic E-state index is -3.73. The van der Waals surface area contributed by atoms with Crippen molar-refractivity contribution in [1.82, 2.24) is 9.44 Å². The first kappa shape index (κ1) is 18.6. The third-order valence-electron chi connectivity index (χ3n) is 3.28. The van der Waals surface area contributed by atoms with E-state index in [0.717, 1.165) is 11.1 Å². The molecule has 3 N–H and O–H groups in total. The average molecular weight is 350 g/mol. The number of nitrogens with one attached hydrogen (secondary N) is 2. The quantitative estimate of drug-likeness (QED) is 0.601. The van der Waals surface area contributed by atoms with Crippen LogP contribution in [0.5, 0.6) is 0 Å². The molecule has 24 heavy (non-hydrogen) atoms. The fraction of sp³-hybridized carbons (Fsp3) is 0.294. The summed E-state index contributed by atoms with van der Waals surface area (Å²) in [4.78, 5) is 0. The summed E-state index contributed by atoms with van der Waals surface area (Å²) in [5.74, 6) is 0. The molecule has 0 saturated carbocycles. The van der Waals surface area contributed by atoms with Crippen LogP contribution in [0.25, 0.3) is 0 Å². The molecule has 0 aliphatic heterocycles. The van der Waals surface area contributed by atoms with Crippen molar-refractivity contribution in [3.63, 3.8) is 0 Å². The molecule has 0 aliphatic carbocycles. The zero-order valence-corrected chi connectivity index (χ0v) is 14.1. The standard InChI is InChI=1S/C17H22N2O4S/c20-12-17(14-23-13-16-9-5-2-6-10-16)19-24(21,22)18-11-15-7-3-1-4-8-15/h1-10,17-20H,11-14H2/t17-/m1/s1. The molecule has 0 spiro atoms. The van der Waals surface area contributed by atoms with E-state index in [1.807, 2.05) is 60.7 Å². The summed E-state index contributed by atoms with van der Waals surface area (Å²) < 4.78 is 34.3. The maximum Gasteiger partial charge on any atom is 0.277 e. The highest BCUT2D eigenvalue weighted by molar-refractivity contribution is 7.87. The maximum atomic E-state index is 12.0. The van der Waals surface area contributed by atoms with Gasteiger partial charge >= 0.3 is 0 Å². The van der Waals surface area contributed by atoms with Crippen molar-refractivity contribution in [1.29, 1.82) is 0 Å². The Morgan fingerprint density at radius 2 is 1.54 bits per heavy atom. The molecule has 0 saturated heterocycles. The van der Waals surface area contributed by atoms with Crippen LogP contribution in [0.4, 0.5) is 0 Å². The van der Waals surface area contributed by atoms with Gasteiger partial charge in [0.15, 0.2) is 0 Å². The predicted octanol–water partition coefficient (Wildman–Crippen LogP) is 1.19. The van der Waals surface area contributed by atoms with Crippen LogP contribution < -0.4 is 9.44 Å². The molecule has 0 fully saturated rings. The molecule has 0 amide bonds. The number of rotatable bonds is 10. The molecule has 0 heterocycles. The zero-order chi connectivity index (χ0) is 17.3. The zero-order valence-electron chi connectivity index (χ0n) is 13.3. The molecule has 2 rings (SSSR count). The summed E-state index contributed by atoms with van der Waals surface area (Å²) in [6.45, 7) is 0.272. The summed E-state index contributed by atoms with van der Waals surface area (Å²) >= 11 is 0. The SMILES string of the molecule is O=S(=O)(NCc1ccccc1)N[C@H](CO)COCc1ccccc1. The Hall–Kier alpha value is -1.77. The number of benzene rings is 2. The van der Waals surface area contributed by atoms with Gasteiger partial charge in [0.1, 0.15) is 0 Å². The van der Waals surface area contributed by atoms with Gasteiger partial charge in [-0.2, -0.15) is 17.9 Å². The van der Waals surface area contributed by atoms with Crippen LogP contribution in [-0.4, -0.2) is 32.8 Å². The third-order valence-corrected chi connectivity index (χ3v) is 4.45. The molecule has 0 aromatic heterocycles. The van der Waals surface area contributed by atoms with Crippen LogP contribution in [-0.2, 0) is 28.1 Å². The van der Waals surface area contributed by atoms with Gasteiger partial charge < -0.3 is 9.84 Å². The summed E-state index contributed by atoms with van der Waals surface area (Å²) in [5.41, 5.74) is 1.84. The van der Waals surface area contributed by atoms with Gasteiger partial charge in [-0.05, 0) is 11.1 Å². The number of hydrogen-bond donors (Lipinski definition) is 3. The highest BCUT2D eigenvalue weighted by Gasteiger charge is 2.17. The molecular weight excluding hydrogens is 328 g/mol. The Labute approximate surface area is 142 Å². The monoisotopic (exact) mass is 350 g/mol. The van der Waals surface area contributed by atoms with E-state index in [4.69, 9.17) is 4.74 Å². The number of aliphatic hydroxyl groups excluding tert-OH is 1. The molecular formula is C17H22N2O4S. The minimum absolute atomic E-state index is 0.0810. The molecule has 7 heteroatoms. The Morgan fingerprint density at radius 3 is 2.12 bits per heavy atom. The van der Waals surface area contributed by atoms with Crippen molar-refractivity contribution in [3.05, 3.63) is 71.8 Å². The van der Waals surface area contributed by atoms with Gasteiger partial charge in [0.05, 0.1) is 25.9 Å². The molecule has 1 atom stereocenters. The molecule has 0 unspecified atom stereocenters.